The lowest BCUT2D eigenvalue weighted by Crippen LogP contribution is -1.98. The van der Waals surface area contributed by atoms with E-state index in [4.69, 9.17) is 11.6 Å². The number of pyridine rings is 1. The molecule has 2 rings (SSSR count). The summed E-state index contributed by atoms with van der Waals surface area (Å²) < 4.78 is 0. The van der Waals surface area contributed by atoms with E-state index in [1.54, 1.807) is 18.6 Å². The summed E-state index contributed by atoms with van der Waals surface area (Å²) >= 11 is 5.55. The van der Waals surface area contributed by atoms with E-state index in [0.717, 1.165) is 10.9 Å². The van der Waals surface area contributed by atoms with Crippen LogP contribution in [0.4, 0.5) is 0 Å². The highest BCUT2D eigenvalue weighted by atomic mass is 35.5. The first-order valence-electron chi connectivity index (χ1n) is 4.83. The molecule has 0 aliphatic rings. The Labute approximate surface area is 92.5 Å². The first-order chi connectivity index (χ1) is 7.33. The van der Waals surface area contributed by atoms with Gasteiger partial charge in [-0.15, -0.1) is 11.6 Å². The lowest BCUT2D eigenvalue weighted by molar-refractivity contribution is 0.0983. The highest BCUT2D eigenvalue weighted by molar-refractivity contribution is 6.18. The molecule has 0 radical (unpaired) electrons. The number of alkyl halides is 1. The quantitative estimate of drug-likeness (QED) is 0.639. The van der Waals surface area contributed by atoms with Crippen molar-refractivity contribution in [2.45, 2.75) is 12.8 Å². The van der Waals surface area contributed by atoms with Crippen molar-refractivity contribution in [2.24, 2.45) is 0 Å². The average Bonchev–Trinajstić information content (AvgIpc) is 2.69. The lowest BCUT2D eigenvalue weighted by Gasteiger charge is -1.96. The van der Waals surface area contributed by atoms with E-state index >= 15 is 0 Å². The monoisotopic (exact) mass is 222 g/mol. The predicted octanol–water partition coefficient (Wildman–Crippen LogP) is 2.76. The van der Waals surface area contributed by atoms with Crippen molar-refractivity contribution in [3.8, 4) is 0 Å². The van der Waals surface area contributed by atoms with Gasteiger partial charge in [-0.05, 0) is 12.5 Å². The minimum Gasteiger partial charge on any atom is -0.360 e. The van der Waals surface area contributed by atoms with Crippen LogP contribution in [0.15, 0.2) is 24.7 Å². The maximum Gasteiger partial charge on any atom is 0.165 e. The molecule has 0 amide bonds. The number of aromatic amines is 1. The van der Waals surface area contributed by atoms with Gasteiger partial charge >= 0.3 is 0 Å². The molecule has 0 aromatic carbocycles. The van der Waals surface area contributed by atoms with Gasteiger partial charge in [0.15, 0.2) is 5.78 Å². The lowest BCUT2D eigenvalue weighted by atomic mass is 10.1. The van der Waals surface area contributed by atoms with E-state index in [1.165, 1.54) is 0 Å². The van der Waals surface area contributed by atoms with Gasteiger partial charge in [-0.1, -0.05) is 0 Å². The molecule has 1 N–H and O–H groups in total. The number of hydrogen-bond acceptors (Lipinski definition) is 2. The number of nitrogens with zero attached hydrogens (tertiary/aromatic N) is 1. The normalized spacial score (nSPS) is 10.7. The standard InChI is InChI=1S/C11H11ClN2O/c12-4-1-2-11(15)9-7-14-10-3-5-13-6-8(9)10/h3,5-7,14H,1-2,4H2. The third-order valence-electron chi connectivity index (χ3n) is 2.32. The highest BCUT2D eigenvalue weighted by Gasteiger charge is 2.10. The second kappa shape index (κ2) is 4.45. The van der Waals surface area contributed by atoms with Gasteiger partial charge in [0.2, 0.25) is 0 Å². The fraction of sp³-hybridized carbons (Fsp3) is 0.273. The van der Waals surface area contributed by atoms with E-state index in [2.05, 4.69) is 9.97 Å². The summed E-state index contributed by atoms with van der Waals surface area (Å²) in [6.07, 6.45) is 6.35. The molecule has 0 atom stereocenters. The molecular formula is C11H11ClN2O. The molecule has 0 saturated heterocycles. The maximum atomic E-state index is 11.8. The van der Waals surface area contributed by atoms with Gasteiger partial charge in [0.25, 0.3) is 0 Å². The van der Waals surface area contributed by atoms with Gasteiger partial charge in [0, 0.05) is 47.4 Å². The third-order valence-corrected chi connectivity index (χ3v) is 2.59. The number of hydrogen-bond donors (Lipinski definition) is 1. The minimum atomic E-state index is 0.120. The fourth-order valence-electron chi connectivity index (χ4n) is 1.56. The fourth-order valence-corrected chi connectivity index (χ4v) is 1.69. The van der Waals surface area contributed by atoms with Crippen LogP contribution >= 0.6 is 11.6 Å². The van der Waals surface area contributed by atoms with Crippen molar-refractivity contribution in [3.05, 3.63) is 30.2 Å². The van der Waals surface area contributed by atoms with Crippen LogP contribution in [0.1, 0.15) is 23.2 Å². The molecule has 78 valence electrons. The molecule has 0 bridgehead atoms. The summed E-state index contributed by atoms with van der Waals surface area (Å²) in [5.74, 6) is 0.640. The molecule has 0 fully saturated rings. The van der Waals surface area contributed by atoms with Gasteiger partial charge < -0.3 is 4.98 Å². The average molecular weight is 223 g/mol. The molecule has 0 aliphatic carbocycles. The van der Waals surface area contributed by atoms with Crippen LogP contribution in [0.25, 0.3) is 10.9 Å². The molecule has 2 heterocycles. The zero-order valence-corrected chi connectivity index (χ0v) is 8.92. The summed E-state index contributed by atoms with van der Waals surface area (Å²) in [6, 6.07) is 1.85. The molecule has 2 aromatic heterocycles. The first-order valence-corrected chi connectivity index (χ1v) is 5.36. The molecule has 15 heavy (non-hydrogen) atoms. The van der Waals surface area contributed by atoms with Crippen molar-refractivity contribution in [1.82, 2.24) is 9.97 Å². The van der Waals surface area contributed by atoms with Crippen LogP contribution in [0.2, 0.25) is 0 Å². The Morgan fingerprint density at radius 1 is 1.53 bits per heavy atom. The molecular weight excluding hydrogens is 212 g/mol. The van der Waals surface area contributed by atoms with Crippen LogP contribution in [0.3, 0.4) is 0 Å². The number of fused-ring (bicyclic) bond motifs is 1. The van der Waals surface area contributed by atoms with E-state index in [0.29, 0.717) is 24.3 Å². The third kappa shape index (κ3) is 2.02. The number of H-pyrrole nitrogens is 1. The van der Waals surface area contributed by atoms with Crippen molar-refractivity contribution < 1.29 is 4.79 Å². The number of rotatable bonds is 4. The highest BCUT2D eigenvalue weighted by Crippen LogP contribution is 2.18. The van der Waals surface area contributed by atoms with E-state index in [9.17, 15) is 4.79 Å². The number of carbonyl (C=O) groups is 1. The second-order valence-electron chi connectivity index (χ2n) is 3.34. The number of halogens is 1. The number of ketones is 1. The summed E-state index contributed by atoms with van der Waals surface area (Å²) in [7, 11) is 0. The minimum absolute atomic E-state index is 0.120. The molecule has 4 heteroatoms. The zero-order valence-electron chi connectivity index (χ0n) is 8.16. The van der Waals surface area contributed by atoms with E-state index < -0.39 is 0 Å². The zero-order chi connectivity index (χ0) is 10.7. The Bertz CT molecular complexity index is 478. The Morgan fingerprint density at radius 2 is 2.40 bits per heavy atom. The summed E-state index contributed by atoms with van der Waals surface area (Å²) in [4.78, 5) is 18.8. The Kier molecular flexibility index (Phi) is 3.02. The molecule has 0 aliphatic heterocycles. The van der Waals surface area contributed by atoms with Gasteiger partial charge in [-0.3, -0.25) is 9.78 Å². The Morgan fingerprint density at radius 3 is 3.20 bits per heavy atom. The SMILES string of the molecule is O=C(CCCCl)c1c[nH]c2ccncc12. The van der Waals surface area contributed by atoms with Gasteiger partial charge in [0.1, 0.15) is 0 Å². The van der Waals surface area contributed by atoms with Crippen LogP contribution in [-0.2, 0) is 0 Å². The van der Waals surface area contributed by atoms with Crippen LogP contribution in [-0.4, -0.2) is 21.6 Å². The molecule has 3 nitrogen and oxygen atoms in total. The summed E-state index contributed by atoms with van der Waals surface area (Å²) in [6.45, 7) is 0. The smallest absolute Gasteiger partial charge is 0.165 e. The van der Waals surface area contributed by atoms with Crippen LogP contribution in [0, 0.1) is 0 Å². The molecule has 0 unspecified atom stereocenters. The summed E-state index contributed by atoms with van der Waals surface area (Å²) in [5, 5.41) is 0.886. The largest absolute Gasteiger partial charge is 0.360 e. The second-order valence-corrected chi connectivity index (χ2v) is 3.72. The van der Waals surface area contributed by atoms with Crippen molar-refractivity contribution in [1.29, 1.82) is 0 Å². The summed E-state index contributed by atoms with van der Waals surface area (Å²) in [5.41, 5.74) is 1.66. The predicted molar refractivity (Wildman–Crippen MR) is 60.4 cm³/mol. The van der Waals surface area contributed by atoms with E-state index in [-0.39, 0.29) is 5.78 Å². The van der Waals surface area contributed by atoms with Crippen LogP contribution in [0.5, 0.6) is 0 Å². The van der Waals surface area contributed by atoms with E-state index in [1.807, 2.05) is 6.07 Å². The van der Waals surface area contributed by atoms with Crippen molar-refractivity contribution in [3.63, 3.8) is 0 Å². The van der Waals surface area contributed by atoms with Crippen LogP contribution < -0.4 is 0 Å². The molecule has 0 spiro atoms. The maximum absolute atomic E-state index is 11.8. The Balaban J connectivity index is 2.31. The molecule has 2 aromatic rings. The Hall–Kier alpha value is -1.35. The first kappa shape index (κ1) is 10.2. The van der Waals surface area contributed by atoms with Gasteiger partial charge in [-0.2, -0.15) is 0 Å². The number of aromatic nitrogens is 2. The number of Topliss-reactive ketones (excluding diaryl/α,β-unsaturated/α-hetero) is 1. The van der Waals surface area contributed by atoms with Gasteiger partial charge in [0.05, 0.1) is 0 Å². The van der Waals surface area contributed by atoms with Crippen molar-refractivity contribution >= 4 is 28.3 Å². The van der Waals surface area contributed by atoms with Crippen molar-refractivity contribution in [2.75, 3.05) is 5.88 Å². The van der Waals surface area contributed by atoms with Gasteiger partial charge in [-0.25, -0.2) is 0 Å². The number of carbonyl (C=O) groups excluding carboxylic acids is 1. The topological polar surface area (TPSA) is 45.8 Å². The number of nitrogens with one attached hydrogen (secondary N) is 1. The molecule has 0 saturated carbocycles.